The monoisotopic (exact) mass is 508 g/mol. The second-order valence-electron chi connectivity index (χ2n) is 7.65. The van der Waals surface area contributed by atoms with Gasteiger partial charge in [-0.3, -0.25) is 9.97 Å². The third kappa shape index (κ3) is 4.60. The van der Waals surface area contributed by atoms with E-state index < -0.39 is 27.2 Å². The molecule has 0 aliphatic carbocycles. The van der Waals surface area contributed by atoms with Gasteiger partial charge < -0.3 is 14.5 Å². The molecule has 2 aromatic carbocycles. The average Bonchev–Trinajstić information content (AvgIpc) is 3.30. The Morgan fingerprint density at radius 1 is 0.917 bits per heavy atom. The van der Waals surface area contributed by atoms with E-state index in [4.69, 9.17) is 9.47 Å². The molecule has 0 aliphatic rings. The molecular formula is C25H18F2N4O4S. The van der Waals surface area contributed by atoms with Crippen LogP contribution in [-0.2, 0) is 9.84 Å². The number of fused-ring (bicyclic) bond motifs is 1. The van der Waals surface area contributed by atoms with Crippen molar-refractivity contribution in [3.05, 3.63) is 85.0 Å². The summed E-state index contributed by atoms with van der Waals surface area (Å²) in [5.41, 5.74) is 1.85. The number of hydrogen-bond acceptors (Lipinski definition) is 7. The van der Waals surface area contributed by atoms with Crippen LogP contribution in [0.2, 0.25) is 0 Å². The molecule has 0 saturated carbocycles. The first-order valence-corrected chi connectivity index (χ1v) is 12.4. The molecular weight excluding hydrogens is 490 g/mol. The molecule has 0 atom stereocenters. The molecule has 0 aliphatic heterocycles. The van der Waals surface area contributed by atoms with E-state index >= 15 is 0 Å². The average molecular weight is 509 g/mol. The third-order valence-electron chi connectivity index (χ3n) is 5.29. The van der Waals surface area contributed by atoms with Gasteiger partial charge in [0.25, 0.3) is 0 Å². The highest BCUT2D eigenvalue weighted by atomic mass is 32.2. The molecule has 0 bridgehead atoms. The van der Waals surface area contributed by atoms with E-state index in [1.165, 1.54) is 31.3 Å². The molecule has 182 valence electrons. The third-order valence-corrected chi connectivity index (χ3v) is 6.93. The minimum atomic E-state index is -3.49. The number of aromatic amines is 1. The largest absolute Gasteiger partial charge is 0.452 e. The molecule has 1 N–H and O–H groups in total. The van der Waals surface area contributed by atoms with Crippen LogP contribution in [-0.4, -0.2) is 34.1 Å². The van der Waals surface area contributed by atoms with Gasteiger partial charge in [0.15, 0.2) is 43.7 Å². The summed E-state index contributed by atoms with van der Waals surface area (Å²) >= 11 is 0. The first kappa shape index (κ1) is 23.4. The SMILES string of the molecule is CCS(=O)(=O)c1ccc(Oc2cc3cc(-c4cnccn4)[nH]c3cc2Oc2c(F)cccc2F)cn1. The normalized spacial score (nSPS) is 11.5. The highest BCUT2D eigenvalue weighted by Gasteiger charge is 2.18. The van der Waals surface area contributed by atoms with Gasteiger partial charge in [0.2, 0.25) is 0 Å². The maximum atomic E-state index is 14.3. The zero-order valence-corrected chi connectivity index (χ0v) is 19.6. The number of aromatic nitrogens is 4. The molecule has 5 rings (SSSR count). The lowest BCUT2D eigenvalue weighted by Crippen LogP contribution is -2.05. The van der Waals surface area contributed by atoms with Crippen LogP contribution in [0.3, 0.4) is 0 Å². The highest BCUT2D eigenvalue weighted by Crippen LogP contribution is 2.40. The van der Waals surface area contributed by atoms with E-state index in [0.29, 0.717) is 22.3 Å². The van der Waals surface area contributed by atoms with Crippen LogP contribution < -0.4 is 9.47 Å². The van der Waals surface area contributed by atoms with Gasteiger partial charge in [0.1, 0.15) is 11.4 Å². The minimum Gasteiger partial charge on any atom is -0.452 e. The summed E-state index contributed by atoms with van der Waals surface area (Å²) in [4.78, 5) is 15.5. The number of hydrogen-bond donors (Lipinski definition) is 1. The van der Waals surface area contributed by atoms with Crippen molar-refractivity contribution < 1.29 is 26.7 Å². The predicted octanol–water partition coefficient (Wildman–Crippen LogP) is 5.68. The lowest BCUT2D eigenvalue weighted by Gasteiger charge is -2.14. The fraction of sp³-hybridized carbons (Fsp3) is 0.0800. The number of nitrogens with zero attached hydrogens (tertiary/aromatic N) is 3. The van der Waals surface area contributed by atoms with Crippen LogP contribution in [0.1, 0.15) is 6.92 Å². The number of sulfone groups is 1. The molecule has 5 aromatic rings. The smallest absolute Gasteiger partial charge is 0.198 e. The Labute approximate surface area is 204 Å². The van der Waals surface area contributed by atoms with Crippen LogP contribution in [0, 0.1) is 11.6 Å². The Kier molecular flexibility index (Phi) is 6.06. The fourth-order valence-corrected chi connectivity index (χ4v) is 4.24. The number of para-hydroxylation sites is 1. The molecule has 0 fully saturated rings. The number of halogens is 2. The minimum absolute atomic E-state index is 0.0179. The molecule has 0 amide bonds. The zero-order chi connectivity index (χ0) is 25.3. The van der Waals surface area contributed by atoms with Crippen LogP contribution in [0.4, 0.5) is 8.78 Å². The molecule has 3 aromatic heterocycles. The van der Waals surface area contributed by atoms with Gasteiger partial charge in [-0.25, -0.2) is 22.2 Å². The van der Waals surface area contributed by atoms with Gasteiger partial charge in [0, 0.05) is 29.4 Å². The topological polar surface area (TPSA) is 107 Å². The number of ether oxygens (including phenoxy) is 2. The van der Waals surface area contributed by atoms with Gasteiger partial charge in [-0.2, -0.15) is 0 Å². The Bertz CT molecular complexity index is 1640. The Morgan fingerprint density at radius 2 is 1.69 bits per heavy atom. The summed E-state index contributed by atoms with van der Waals surface area (Å²) in [6.45, 7) is 1.52. The van der Waals surface area contributed by atoms with Crippen LogP contribution in [0.15, 0.2) is 78.3 Å². The standard InChI is InChI=1S/C25H18F2N4O4S/c1-2-36(32,33)24-7-6-16(13-30-24)34-22-11-15-10-20(21-14-28-8-9-29-21)31-19(15)12-23(22)35-25-17(26)4-3-5-18(25)27/h3-14,31H,2H2,1H3. The summed E-state index contributed by atoms with van der Waals surface area (Å²) in [5, 5.41) is 0.613. The number of pyridine rings is 1. The van der Waals surface area contributed by atoms with E-state index in [1.807, 2.05) is 6.07 Å². The molecule has 11 heteroatoms. The molecule has 0 spiro atoms. The first-order chi connectivity index (χ1) is 17.3. The Balaban J connectivity index is 1.58. The molecule has 36 heavy (non-hydrogen) atoms. The van der Waals surface area contributed by atoms with E-state index in [1.54, 1.807) is 30.7 Å². The van der Waals surface area contributed by atoms with Gasteiger partial charge in [-0.1, -0.05) is 13.0 Å². The summed E-state index contributed by atoms with van der Waals surface area (Å²) in [6, 6.07) is 11.1. The number of H-pyrrole nitrogens is 1. The number of nitrogens with one attached hydrogen (secondary N) is 1. The van der Waals surface area contributed by atoms with Crippen molar-refractivity contribution in [1.29, 1.82) is 0 Å². The van der Waals surface area contributed by atoms with E-state index in [2.05, 4.69) is 19.9 Å². The predicted molar refractivity (Wildman–Crippen MR) is 128 cm³/mol. The summed E-state index contributed by atoms with van der Waals surface area (Å²) in [6.07, 6.45) is 5.95. The van der Waals surface area contributed by atoms with Crippen molar-refractivity contribution in [3.63, 3.8) is 0 Å². The fourth-order valence-electron chi connectivity index (χ4n) is 3.45. The summed E-state index contributed by atoms with van der Waals surface area (Å²) in [7, 11) is -3.49. The zero-order valence-electron chi connectivity index (χ0n) is 18.8. The van der Waals surface area contributed by atoms with E-state index in [9.17, 15) is 17.2 Å². The lowest BCUT2D eigenvalue weighted by atomic mass is 10.2. The molecule has 3 heterocycles. The maximum absolute atomic E-state index is 14.3. The highest BCUT2D eigenvalue weighted by molar-refractivity contribution is 7.91. The second kappa shape index (κ2) is 9.34. The Hall–Kier alpha value is -4.38. The van der Waals surface area contributed by atoms with Crippen molar-refractivity contribution >= 4 is 20.7 Å². The molecule has 0 radical (unpaired) electrons. The number of rotatable bonds is 7. The summed E-state index contributed by atoms with van der Waals surface area (Å²) in [5.74, 6) is -2.11. The quantitative estimate of drug-likeness (QED) is 0.302. The molecule has 0 unspecified atom stereocenters. The number of benzene rings is 2. The van der Waals surface area contributed by atoms with Crippen molar-refractivity contribution in [2.75, 3.05) is 5.75 Å². The molecule has 8 nitrogen and oxygen atoms in total. The van der Waals surface area contributed by atoms with Crippen LogP contribution in [0.25, 0.3) is 22.3 Å². The lowest BCUT2D eigenvalue weighted by molar-refractivity contribution is 0.381. The van der Waals surface area contributed by atoms with Crippen molar-refractivity contribution in [3.8, 4) is 34.4 Å². The van der Waals surface area contributed by atoms with E-state index in [-0.39, 0.29) is 28.0 Å². The summed E-state index contributed by atoms with van der Waals surface area (Å²) < 4.78 is 64.3. The van der Waals surface area contributed by atoms with Crippen LogP contribution in [0.5, 0.6) is 23.0 Å². The van der Waals surface area contributed by atoms with Gasteiger partial charge in [0.05, 0.1) is 23.8 Å². The van der Waals surface area contributed by atoms with Gasteiger partial charge in [-0.15, -0.1) is 0 Å². The van der Waals surface area contributed by atoms with Crippen molar-refractivity contribution in [2.45, 2.75) is 11.9 Å². The van der Waals surface area contributed by atoms with E-state index in [0.717, 1.165) is 12.1 Å². The van der Waals surface area contributed by atoms with Crippen molar-refractivity contribution in [2.24, 2.45) is 0 Å². The Morgan fingerprint density at radius 3 is 2.36 bits per heavy atom. The van der Waals surface area contributed by atoms with Gasteiger partial charge >= 0.3 is 0 Å². The van der Waals surface area contributed by atoms with Gasteiger partial charge in [-0.05, 0) is 36.4 Å². The van der Waals surface area contributed by atoms with Crippen molar-refractivity contribution in [1.82, 2.24) is 19.9 Å². The van der Waals surface area contributed by atoms with Crippen LogP contribution >= 0.6 is 0 Å². The first-order valence-electron chi connectivity index (χ1n) is 10.8. The molecule has 0 saturated heterocycles. The second-order valence-corrected chi connectivity index (χ2v) is 9.88. The maximum Gasteiger partial charge on any atom is 0.198 e.